The summed E-state index contributed by atoms with van der Waals surface area (Å²) in [5, 5.41) is 0. The number of hydrogen-bond acceptors (Lipinski definition) is 4. The largest absolute Gasteiger partial charge is 0.269 e. The van der Waals surface area contributed by atoms with Crippen LogP contribution < -0.4 is 9.03 Å². The molecule has 8 heteroatoms. The molecular weight excluding hydrogens is 324 g/mol. The Morgan fingerprint density at radius 3 is 2.05 bits per heavy atom. The molecule has 2 aromatic carbocycles. The highest BCUT2D eigenvalue weighted by molar-refractivity contribution is 7.93. The van der Waals surface area contributed by atoms with Gasteiger partial charge in [-0.1, -0.05) is 24.3 Å². The third kappa shape index (κ3) is 3.13. The predicted octanol–water partition coefficient (Wildman–Crippen LogP) is 1.42. The van der Waals surface area contributed by atoms with Crippen molar-refractivity contribution < 1.29 is 16.8 Å². The fourth-order valence-electron chi connectivity index (χ4n) is 1.85. The SMILES string of the molecule is CNS(=O)(=O)c1cccc(S(=O)(=O)N(C)c2ccccc2)c1. The van der Waals surface area contributed by atoms with E-state index in [1.807, 2.05) is 0 Å². The Labute approximate surface area is 130 Å². The molecule has 0 unspecified atom stereocenters. The molecule has 22 heavy (non-hydrogen) atoms. The van der Waals surface area contributed by atoms with Gasteiger partial charge < -0.3 is 0 Å². The molecule has 0 saturated carbocycles. The van der Waals surface area contributed by atoms with Gasteiger partial charge in [0.2, 0.25) is 10.0 Å². The average molecular weight is 340 g/mol. The number of rotatable bonds is 5. The Bertz CT molecular complexity index is 863. The second kappa shape index (κ2) is 6.07. The normalized spacial score (nSPS) is 12.1. The zero-order valence-electron chi connectivity index (χ0n) is 12.1. The summed E-state index contributed by atoms with van der Waals surface area (Å²) in [5.74, 6) is 0. The Balaban J connectivity index is 2.49. The number of nitrogens with zero attached hydrogens (tertiary/aromatic N) is 1. The number of anilines is 1. The van der Waals surface area contributed by atoms with Crippen LogP contribution in [0, 0.1) is 0 Å². The summed E-state index contributed by atoms with van der Waals surface area (Å²) in [6.07, 6.45) is 0. The Morgan fingerprint density at radius 2 is 1.45 bits per heavy atom. The monoisotopic (exact) mass is 340 g/mol. The van der Waals surface area contributed by atoms with Crippen molar-refractivity contribution in [3.05, 3.63) is 54.6 Å². The van der Waals surface area contributed by atoms with E-state index in [2.05, 4.69) is 4.72 Å². The molecule has 0 aliphatic carbocycles. The predicted molar refractivity (Wildman–Crippen MR) is 84.7 cm³/mol. The van der Waals surface area contributed by atoms with Gasteiger partial charge in [-0.25, -0.2) is 21.6 Å². The van der Waals surface area contributed by atoms with Gasteiger partial charge in [-0.3, -0.25) is 4.31 Å². The molecule has 0 fully saturated rings. The topological polar surface area (TPSA) is 83.5 Å². The van der Waals surface area contributed by atoms with Crippen molar-refractivity contribution in [2.45, 2.75) is 9.79 Å². The van der Waals surface area contributed by atoms with Gasteiger partial charge >= 0.3 is 0 Å². The van der Waals surface area contributed by atoms with Crippen LogP contribution in [-0.2, 0) is 20.0 Å². The molecule has 0 spiro atoms. The average Bonchev–Trinajstić information content (AvgIpc) is 2.55. The van der Waals surface area contributed by atoms with E-state index in [0.717, 1.165) is 10.4 Å². The summed E-state index contributed by atoms with van der Waals surface area (Å²) in [5.41, 5.74) is 0.490. The molecule has 1 N–H and O–H groups in total. The third-order valence-electron chi connectivity index (χ3n) is 3.16. The molecule has 0 atom stereocenters. The molecule has 2 aromatic rings. The van der Waals surface area contributed by atoms with Gasteiger partial charge in [-0.2, -0.15) is 0 Å². The van der Waals surface area contributed by atoms with Gasteiger partial charge in [0.1, 0.15) is 0 Å². The quantitative estimate of drug-likeness (QED) is 0.892. The van der Waals surface area contributed by atoms with Gasteiger partial charge in [-0.05, 0) is 37.4 Å². The molecule has 0 heterocycles. The van der Waals surface area contributed by atoms with Crippen LogP contribution in [-0.4, -0.2) is 30.9 Å². The van der Waals surface area contributed by atoms with E-state index in [1.54, 1.807) is 30.3 Å². The van der Waals surface area contributed by atoms with Crippen LogP contribution in [0.2, 0.25) is 0 Å². The number of sulfonamides is 2. The number of benzene rings is 2. The minimum Gasteiger partial charge on any atom is -0.269 e. The van der Waals surface area contributed by atoms with Crippen molar-refractivity contribution in [1.29, 1.82) is 0 Å². The summed E-state index contributed by atoms with van der Waals surface area (Å²) in [4.78, 5) is -0.187. The van der Waals surface area contributed by atoms with Crippen LogP contribution in [0.4, 0.5) is 5.69 Å². The molecule has 0 saturated heterocycles. The van der Waals surface area contributed by atoms with E-state index in [0.29, 0.717) is 5.69 Å². The fraction of sp³-hybridized carbons (Fsp3) is 0.143. The molecule has 0 bridgehead atoms. The summed E-state index contributed by atoms with van der Waals surface area (Å²) < 4.78 is 52.1. The van der Waals surface area contributed by atoms with Crippen molar-refractivity contribution in [2.75, 3.05) is 18.4 Å². The summed E-state index contributed by atoms with van der Waals surface area (Å²) >= 11 is 0. The summed E-state index contributed by atoms with van der Waals surface area (Å²) in [6, 6.07) is 13.8. The molecule has 0 aromatic heterocycles. The third-order valence-corrected chi connectivity index (χ3v) is 6.36. The minimum absolute atomic E-state index is 0.0878. The second-order valence-corrected chi connectivity index (χ2v) is 8.35. The van der Waals surface area contributed by atoms with E-state index in [9.17, 15) is 16.8 Å². The molecule has 0 amide bonds. The Hall–Kier alpha value is -1.90. The zero-order valence-corrected chi connectivity index (χ0v) is 13.7. The fourth-order valence-corrected chi connectivity index (χ4v) is 3.95. The van der Waals surface area contributed by atoms with Crippen LogP contribution in [0.25, 0.3) is 0 Å². The number of para-hydroxylation sites is 1. The highest BCUT2D eigenvalue weighted by Crippen LogP contribution is 2.23. The molecule has 0 radical (unpaired) electrons. The summed E-state index contributed by atoms with van der Waals surface area (Å²) in [7, 11) is -4.86. The van der Waals surface area contributed by atoms with E-state index in [4.69, 9.17) is 0 Å². The van der Waals surface area contributed by atoms with E-state index < -0.39 is 20.0 Å². The molecule has 2 rings (SSSR count). The lowest BCUT2D eigenvalue weighted by atomic mass is 10.3. The van der Waals surface area contributed by atoms with Gasteiger partial charge in [0.05, 0.1) is 15.5 Å². The second-order valence-electron chi connectivity index (χ2n) is 4.49. The van der Waals surface area contributed by atoms with Crippen molar-refractivity contribution in [2.24, 2.45) is 0 Å². The van der Waals surface area contributed by atoms with Crippen molar-refractivity contribution >= 4 is 25.7 Å². The zero-order chi connectivity index (χ0) is 16.4. The van der Waals surface area contributed by atoms with E-state index >= 15 is 0 Å². The minimum atomic E-state index is -3.84. The van der Waals surface area contributed by atoms with Crippen LogP contribution in [0.15, 0.2) is 64.4 Å². The number of nitrogens with one attached hydrogen (secondary N) is 1. The molecule has 0 aliphatic rings. The van der Waals surface area contributed by atoms with Crippen LogP contribution >= 0.6 is 0 Å². The van der Waals surface area contributed by atoms with Crippen molar-refractivity contribution in [3.8, 4) is 0 Å². The smallest absolute Gasteiger partial charge is 0.264 e. The lowest BCUT2D eigenvalue weighted by molar-refractivity contribution is 0.587. The molecule has 118 valence electrons. The van der Waals surface area contributed by atoms with Gasteiger partial charge in [-0.15, -0.1) is 0 Å². The highest BCUT2D eigenvalue weighted by atomic mass is 32.2. The van der Waals surface area contributed by atoms with Crippen LogP contribution in [0.3, 0.4) is 0 Å². The summed E-state index contributed by atoms with van der Waals surface area (Å²) in [6.45, 7) is 0. The Kier molecular flexibility index (Phi) is 4.55. The van der Waals surface area contributed by atoms with Gasteiger partial charge in [0.25, 0.3) is 10.0 Å². The lowest BCUT2D eigenvalue weighted by Gasteiger charge is -2.19. The molecule has 6 nitrogen and oxygen atoms in total. The lowest BCUT2D eigenvalue weighted by Crippen LogP contribution is -2.27. The maximum absolute atomic E-state index is 12.6. The maximum Gasteiger partial charge on any atom is 0.264 e. The molecule has 0 aliphatic heterocycles. The van der Waals surface area contributed by atoms with Gasteiger partial charge in [0.15, 0.2) is 0 Å². The van der Waals surface area contributed by atoms with E-state index in [-0.39, 0.29) is 9.79 Å². The van der Waals surface area contributed by atoms with Crippen LogP contribution in [0.5, 0.6) is 0 Å². The number of hydrogen-bond donors (Lipinski definition) is 1. The van der Waals surface area contributed by atoms with E-state index in [1.165, 1.54) is 32.3 Å². The first kappa shape index (κ1) is 16.5. The van der Waals surface area contributed by atoms with Crippen molar-refractivity contribution in [3.63, 3.8) is 0 Å². The van der Waals surface area contributed by atoms with Crippen LogP contribution in [0.1, 0.15) is 0 Å². The molecular formula is C14H16N2O4S2. The van der Waals surface area contributed by atoms with Crippen molar-refractivity contribution in [1.82, 2.24) is 4.72 Å². The first-order chi connectivity index (χ1) is 10.3. The first-order valence-corrected chi connectivity index (χ1v) is 9.29. The van der Waals surface area contributed by atoms with Gasteiger partial charge in [0, 0.05) is 7.05 Å². The highest BCUT2D eigenvalue weighted by Gasteiger charge is 2.23. The Morgan fingerprint density at radius 1 is 0.864 bits per heavy atom. The maximum atomic E-state index is 12.6. The standard InChI is InChI=1S/C14H16N2O4S2/c1-15-21(17,18)13-9-6-10-14(11-13)22(19,20)16(2)12-7-4-3-5-8-12/h3-11,15H,1-2H3. The first-order valence-electron chi connectivity index (χ1n) is 6.36.